The van der Waals surface area contributed by atoms with Crippen molar-refractivity contribution in [3.05, 3.63) is 69.3 Å². The Morgan fingerprint density at radius 2 is 1.78 bits per heavy atom. The smallest absolute Gasteiger partial charge is 0.347 e. The molecule has 2 saturated carbocycles. The van der Waals surface area contributed by atoms with E-state index in [0.29, 0.717) is 17.4 Å². The van der Waals surface area contributed by atoms with Crippen molar-refractivity contribution in [1.82, 2.24) is 13.6 Å². The lowest BCUT2D eigenvalue weighted by molar-refractivity contribution is -0.191. The number of nitrogens with one attached hydrogen (secondary N) is 1. The van der Waals surface area contributed by atoms with Crippen LogP contribution in [0.2, 0.25) is 0 Å². The lowest BCUT2D eigenvalue weighted by Crippen LogP contribution is -2.39. The molecule has 1 N–H and O–H groups in total. The van der Waals surface area contributed by atoms with Crippen molar-refractivity contribution >= 4 is 49.1 Å². The Labute approximate surface area is 250 Å². The van der Waals surface area contributed by atoms with Crippen LogP contribution in [-0.4, -0.2) is 43.4 Å². The highest BCUT2D eigenvalue weighted by molar-refractivity contribution is 9.10. The first-order valence-electron chi connectivity index (χ1n) is 14.1. The van der Waals surface area contributed by atoms with Crippen LogP contribution in [0.1, 0.15) is 90.8 Å². The monoisotopic (exact) mass is 643 g/mol. The zero-order chi connectivity index (χ0) is 29.9. The molecule has 2 atom stereocenters. The van der Waals surface area contributed by atoms with Gasteiger partial charge in [0.05, 0.1) is 0 Å². The van der Waals surface area contributed by atoms with Crippen LogP contribution in [-0.2, 0) is 26.3 Å². The molecule has 41 heavy (non-hydrogen) atoms. The Morgan fingerprint density at radius 3 is 2.41 bits per heavy atom. The zero-order valence-electron chi connectivity index (χ0n) is 24.1. The third kappa shape index (κ3) is 6.67. The van der Waals surface area contributed by atoms with Crippen LogP contribution >= 0.6 is 15.9 Å². The van der Waals surface area contributed by atoms with E-state index in [2.05, 4.69) is 63.5 Å². The van der Waals surface area contributed by atoms with Gasteiger partial charge in [0.2, 0.25) is 0 Å². The summed E-state index contributed by atoms with van der Waals surface area (Å²) in [6, 6.07) is 12.3. The fourth-order valence-corrected chi connectivity index (χ4v) is 7.39. The molecule has 220 valence electrons. The molecule has 2 aliphatic carbocycles. The lowest BCUT2D eigenvalue weighted by Gasteiger charge is -2.21. The number of rotatable bonds is 8. The van der Waals surface area contributed by atoms with Crippen molar-refractivity contribution in [2.24, 2.45) is 5.41 Å². The highest BCUT2D eigenvalue weighted by atomic mass is 79.9. The summed E-state index contributed by atoms with van der Waals surface area (Å²) in [4.78, 5) is 29.2. The molecule has 1 aromatic heterocycles. The van der Waals surface area contributed by atoms with Crippen LogP contribution in [0.5, 0.6) is 0 Å². The first kappa shape index (κ1) is 31.2. The summed E-state index contributed by atoms with van der Waals surface area (Å²) in [6.07, 6.45) is 11.0. The molecule has 3 aromatic rings. The van der Waals surface area contributed by atoms with Crippen LogP contribution in [0.3, 0.4) is 0 Å². The maximum atomic E-state index is 13.0. The zero-order valence-corrected chi connectivity index (χ0v) is 26.5. The normalized spacial score (nSPS) is 20.8. The van der Waals surface area contributed by atoms with Crippen molar-refractivity contribution < 1.29 is 22.8 Å². The minimum atomic E-state index is -3.87. The second-order valence-electron chi connectivity index (χ2n) is 11.6. The van der Waals surface area contributed by atoms with Crippen LogP contribution < -0.4 is 4.72 Å². The average molecular weight is 645 g/mol. The average Bonchev–Trinajstić information content (AvgIpc) is 3.55. The molecule has 2 aromatic carbocycles. The van der Waals surface area contributed by atoms with Gasteiger partial charge in [-0.3, -0.25) is 4.79 Å². The number of hydrogen-bond donors (Lipinski definition) is 1. The third-order valence-electron chi connectivity index (χ3n) is 8.83. The summed E-state index contributed by atoms with van der Waals surface area (Å²) in [7, 11) is -1.05. The topological polar surface area (TPSA) is 106 Å². The predicted octanol–water partition coefficient (Wildman–Crippen LogP) is 6.30. The highest BCUT2D eigenvalue weighted by Crippen LogP contribution is 2.64. The number of amides is 1. The standard InChI is InChI=1S/C30H38BrN3O3S.CO2/c1-5-30(17-26(30)24-15-20(2)11-14-27(24)31)19-34-18-25(21-9-7-6-8-10-21)23-13-12-22(16-28(23)34)29(35)32-38(36,37)33(3)4;2-1-3/h11-16,18,21,26H,5-10,17,19H2,1-4H3,(H,32,35);/t26-,30+;/m0./s1. The molecular weight excluding hydrogens is 606 g/mol. The van der Waals surface area contributed by atoms with Crippen LogP contribution in [0.15, 0.2) is 47.1 Å². The SMILES string of the molecule is CC[C@]1(Cn2cc(C3CCCCC3)c3ccc(C(=O)NS(=O)(=O)N(C)C)cc32)C[C@H]1c1cc(C)ccc1Br.O=C=O. The van der Waals surface area contributed by atoms with E-state index in [1.807, 2.05) is 12.1 Å². The molecule has 2 aliphatic rings. The summed E-state index contributed by atoms with van der Waals surface area (Å²) >= 11 is 3.79. The van der Waals surface area contributed by atoms with Crippen molar-refractivity contribution in [3.8, 4) is 0 Å². The molecule has 0 bridgehead atoms. The van der Waals surface area contributed by atoms with E-state index in [0.717, 1.165) is 29.2 Å². The second-order valence-corrected chi connectivity index (χ2v) is 14.3. The minimum absolute atomic E-state index is 0.151. The van der Waals surface area contributed by atoms with Gasteiger partial charge < -0.3 is 4.57 Å². The highest BCUT2D eigenvalue weighted by Gasteiger charge is 2.54. The number of hydrogen-bond acceptors (Lipinski definition) is 5. The molecule has 1 heterocycles. The molecule has 0 aliphatic heterocycles. The fourth-order valence-electron chi connectivity index (χ4n) is 6.33. The van der Waals surface area contributed by atoms with Gasteiger partial charge in [0.15, 0.2) is 0 Å². The van der Waals surface area contributed by atoms with E-state index >= 15 is 0 Å². The Hall–Kier alpha value is -2.78. The second kappa shape index (κ2) is 12.6. The number of nitrogens with zero attached hydrogens (tertiary/aromatic N) is 2. The molecule has 5 rings (SSSR count). The van der Waals surface area contributed by atoms with E-state index in [-0.39, 0.29) is 11.6 Å². The number of carbonyl (C=O) groups excluding carboxylic acids is 3. The van der Waals surface area contributed by atoms with Gasteiger partial charge in [0.25, 0.3) is 5.91 Å². The summed E-state index contributed by atoms with van der Waals surface area (Å²) in [6.45, 7) is 5.30. The maximum Gasteiger partial charge on any atom is 0.373 e. The number of aryl methyl sites for hydroxylation is 1. The molecule has 1 amide bonds. The maximum absolute atomic E-state index is 13.0. The summed E-state index contributed by atoms with van der Waals surface area (Å²) in [5.41, 5.74) is 5.55. The quantitative estimate of drug-likeness (QED) is 0.310. The Bertz CT molecular complexity index is 1570. The number of benzene rings is 2. The molecular formula is C31H38BrN3O5S. The third-order valence-corrected chi connectivity index (χ3v) is 11.0. The summed E-state index contributed by atoms with van der Waals surface area (Å²) in [5.74, 6) is 0.402. The minimum Gasteiger partial charge on any atom is -0.347 e. The predicted molar refractivity (Wildman–Crippen MR) is 162 cm³/mol. The van der Waals surface area contributed by atoms with Crippen molar-refractivity contribution in [2.75, 3.05) is 14.1 Å². The van der Waals surface area contributed by atoms with Gasteiger partial charge in [-0.1, -0.05) is 65.9 Å². The lowest BCUT2D eigenvalue weighted by atomic mass is 9.84. The number of fused-ring (bicyclic) bond motifs is 1. The van der Waals surface area contributed by atoms with E-state index in [1.165, 1.54) is 72.7 Å². The van der Waals surface area contributed by atoms with Crippen molar-refractivity contribution in [1.29, 1.82) is 0 Å². The van der Waals surface area contributed by atoms with E-state index in [1.54, 1.807) is 6.07 Å². The Kier molecular flexibility index (Phi) is 9.59. The summed E-state index contributed by atoms with van der Waals surface area (Å²) in [5, 5.41) is 1.18. The molecule has 8 nitrogen and oxygen atoms in total. The van der Waals surface area contributed by atoms with Crippen LogP contribution in [0.4, 0.5) is 0 Å². The van der Waals surface area contributed by atoms with E-state index in [4.69, 9.17) is 9.59 Å². The van der Waals surface area contributed by atoms with Crippen molar-refractivity contribution in [2.45, 2.75) is 77.2 Å². The first-order chi connectivity index (χ1) is 19.5. The first-order valence-corrected chi connectivity index (χ1v) is 16.3. The number of aromatic nitrogens is 1. The fraction of sp³-hybridized carbons (Fsp3) is 0.484. The van der Waals surface area contributed by atoms with Crippen LogP contribution in [0, 0.1) is 12.3 Å². The molecule has 0 radical (unpaired) electrons. The van der Waals surface area contributed by atoms with Gasteiger partial charge in [-0.15, -0.1) is 0 Å². The molecule has 0 saturated heterocycles. The molecule has 2 fully saturated rings. The number of carbonyl (C=O) groups is 1. The van der Waals surface area contributed by atoms with Gasteiger partial charge in [0.1, 0.15) is 0 Å². The summed E-state index contributed by atoms with van der Waals surface area (Å²) < 4.78 is 31.3. The van der Waals surface area contributed by atoms with Crippen LogP contribution in [0.25, 0.3) is 10.9 Å². The largest absolute Gasteiger partial charge is 0.373 e. The molecule has 0 unspecified atom stereocenters. The van der Waals surface area contributed by atoms with Gasteiger partial charge in [0, 0.05) is 47.8 Å². The molecule has 10 heteroatoms. The van der Waals surface area contributed by atoms with Gasteiger partial charge in [-0.25, -0.2) is 4.72 Å². The van der Waals surface area contributed by atoms with Gasteiger partial charge >= 0.3 is 16.4 Å². The van der Waals surface area contributed by atoms with E-state index in [9.17, 15) is 13.2 Å². The van der Waals surface area contributed by atoms with Gasteiger partial charge in [-0.05, 0) is 79.2 Å². The van der Waals surface area contributed by atoms with Gasteiger partial charge in [-0.2, -0.15) is 22.3 Å². The number of halogens is 1. The Morgan fingerprint density at radius 1 is 1.10 bits per heavy atom. The Balaban J connectivity index is 0.00000124. The van der Waals surface area contributed by atoms with E-state index < -0.39 is 16.1 Å². The van der Waals surface area contributed by atoms with Crippen molar-refractivity contribution in [3.63, 3.8) is 0 Å². The molecule has 0 spiro atoms.